The number of benzene rings is 2. The van der Waals surface area contributed by atoms with Gasteiger partial charge in [0.1, 0.15) is 0 Å². The Morgan fingerprint density at radius 1 is 1.15 bits per heavy atom. The summed E-state index contributed by atoms with van der Waals surface area (Å²) in [5, 5.41) is 0.508. The number of carbonyl (C=O) groups is 1. The highest BCUT2D eigenvalue weighted by Crippen LogP contribution is 2.23. The minimum atomic E-state index is -1.27. The van der Waals surface area contributed by atoms with E-state index in [4.69, 9.17) is 23.1 Å². The fraction of sp³-hybridized carbons (Fsp3) is 0.0714. The van der Waals surface area contributed by atoms with Crippen molar-refractivity contribution in [3.63, 3.8) is 0 Å². The zero-order valence-corrected chi connectivity index (χ0v) is 12.1. The standard InChI is InChI=1S/C14H13ClN2O2S/c15-11-5-6-13(12(16)7-11)20(19)8-9-1-3-10(4-2-9)14(17)18/h1-7H,8,16H2,(H2,17,18). The maximum atomic E-state index is 12.3. The van der Waals surface area contributed by atoms with E-state index in [0.717, 1.165) is 5.56 Å². The van der Waals surface area contributed by atoms with Crippen molar-refractivity contribution in [2.24, 2.45) is 5.73 Å². The van der Waals surface area contributed by atoms with E-state index in [0.29, 0.717) is 26.9 Å². The van der Waals surface area contributed by atoms with Crippen LogP contribution in [0.4, 0.5) is 5.69 Å². The smallest absolute Gasteiger partial charge is 0.248 e. The average molecular weight is 309 g/mol. The Morgan fingerprint density at radius 3 is 2.35 bits per heavy atom. The van der Waals surface area contributed by atoms with E-state index in [1.165, 1.54) is 0 Å². The molecule has 20 heavy (non-hydrogen) atoms. The number of carbonyl (C=O) groups excluding carboxylic acids is 1. The molecular weight excluding hydrogens is 296 g/mol. The van der Waals surface area contributed by atoms with E-state index in [1.54, 1.807) is 42.5 Å². The molecule has 104 valence electrons. The molecule has 1 atom stereocenters. The number of primary amides is 1. The summed E-state index contributed by atoms with van der Waals surface area (Å²) in [6.45, 7) is 0. The molecule has 0 spiro atoms. The molecular formula is C14H13ClN2O2S. The van der Waals surface area contributed by atoms with Crippen LogP contribution in [0.2, 0.25) is 5.02 Å². The maximum absolute atomic E-state index is 12.3. The number of rotatable bonds is 4. The second-order valence-corrected chi connectivity index (χ2v) is 6.09. The molecule has 0 radical (unpaired) electrons. The molecule has 4 N–H and O–H groups in total. The topological polar surface area (TPSA) is 86.2 Å². The van der Waals surface area contributed by atoms with Gasteiger partial charge in [0.05, 0.1) is 21.4 Å². The van der Waals surface area contributed by atoms with Crippen LogP contribution in [0.3, 0.4) is 0 Å². The first-order valence-electron chi connectivity index (χ1n) is 5.79. The Hall–Kier alpha value is -1.85. The lowest BCUT2D eigenvalue weighted by atomic mass is 10.1. The SMILES string of the molecule is NC(=O)c1ccc(CS(=O)c2ccc(Cl)cc2N)cc1. The van der Waals surface area contributed by atoms with Crippen LogP contribution in [0.15, 0.2) is 47.4 Å². The van der Waals surface area contributed by atoms with Crippen molar-refractivity contribution >= 4 is 34.0 Å². The highest BCUT2D eigenvalue weighted by atomic mass is 35.5. The zero-order chi connectivity index (χ0) is 14.7. The van der Waals surface area contributed by atoms with Crippen LogP contribution in [0.5, 0.6) is 0 Å². The van der Waals surface area contributed by atoms with Gasteiger partial charge in [0.25, 0.3) is 0 Å². The molecule has 1 unspecified atom stereocenters. The van der Waals surface area contributed by atoms with E-state index in [9.17, 15) is 9.00 Å². The summed E-state index contributed by atoms with van der Waals surface area (Å²) in [5.74, 6) is -0.176. The van der Waals surface area contributed by atoms with Crippen LogP contribution >= 0.6 is 11.6 Å². The normalized spacial score (nSPS) is 12.1. The van der Waals surface area contributed by atoms with Gasteiger partial charge < -0.3 is 11.5 Å². The lowest BCUT2D eigenvalue weighted by Gasteiger charge is -2.07. The quantitative estimate of drug-likeness (QED) is 0.850. The highest BCUT2D eigenvalue weighted by molar-refractivity contribution is 7.84. The molecule has 0 aliphatic rings. The number of nitrogen functional groups attached to an aromatic ring is 1. The molecule has 0 aliphatic heterocycles. The molecule has 2 rings (SSSR count). The summed E-state index contributed by atoms with van der Waals surface area (Å²) >= 11 is 5.81. The molecule has 0 heterocycles. The second kappa shape index (κ2) is 6.07. The number of nitrogens with two attached hydrogens (primary N) is 2. The first kappa shape index (κ1) is 14.6. The predicted octanol–water partition coefficient (Wildman–Crippen LogP) is 2.33. The van der Waals surface area contributed by atoms with Gasteiger partial charge >= 0.3 is 0 Å². The van der Waals surface area contributed by atoms with Crippen molar-refractivity contribution in [3.8, 4) is 0 Å². The van der Waals surface area contributed by atoms with Gasteiger partial charge in [0.2, 0.25) is 5.91 Å². The molecule has 1 amide bonds. The summed E-state index contributed by atoms with van der Waals surface area (Å²) in [6, 6.07) is 11.6. The van der Waals surface area contributed by atoms with Crippen LogP contribution < -0.4 is 11.5 Å². The van der Waals surface area contributed by atoms with Crippen LogP contribution in [0.25, 0.3) is 0 Å². The number of halogens is 1. The fourth-order valence-electron chi connectivity index (χ4n) is 1.72. The van der Waals surface area contributed by atoms with Crippen molar-refractivity contribution in [2.75, 3.05) is 5.73 Å². The second-order valence-electron chi connectivity index (χ2n) is 4.23. The zero-order valence-electron chi connectivity index (χ0n) is 10.5. The molecule has 2 aromatic rings. The van der Waals surface area contributed by atoms with Crippen molar-refractivity contribution < 1.29 is 9.00 Å². The molecule has 2 aromatic carbocycles. The first-order chi connectivity index (χ1) is 9.47. The van der Waals surface area contributed by atoms with Crippen LogP contribution in [0, 0.1) is 0 Å². The summed E-state index contributed by atoms with van der Waals surface area (Å²) in [5.41, 5.74) is 12.6. The molecule has 0 bridgehead atoms. The molecule has 0 saturated carbocycles. The molecule has 4 nitrogen and oxygen atoms in total. The van der Waals surface area contributed by atoms with E-state index >= 15 is 0 Å². The summed E-state index contributed by atoms with van der Waals surface area (Å²) in [6.07, 6.45) is 0. The fourth-order valence-corrected chi connectivity index (χ4v) is 3.09. The summed E-state index contributed by atoms with van der Waals surface area (Å²) in [7, 11) is -1.27. The Balaban J connectivity index is 2.17. The Labute approximate surface area is 124 Å². The maximum Gasteiger partial charge on any atom is 0.248 e. The lowest BCUT2D eigenvalue weighted by Crippen LogP contribution is -2.10. The molecule has 0 saturated heterocycles. The van der Waals surface area contributed by atoms with Crippen LogP contribution in [-0.2, 0) is 16.6 Å². The van der Waals surface area contributed by atoms with E-state index in [-0.39, 0.29) is 0 Å². The molecule has 6 heteroatoms. The van der Waals surface area contributed by atoms with Crippen molar-refractivity contribution in [1.82, 2.24) is 0 Å². The predicted molar refractivity (Wildman–Crippen MR) is 80.9 cm³/mol. The van der Waals surface area contributed by atoms with Gasteiger partial charge in [-0.3, -0.25) is 9.00 Å². The van der Waals surface area contributed by atoms with E-state index in [2.05, 4.69) is 0 Å². The highest BCUT2D eigenvalue weighted by Gasteiger charge is 2.10. The number of hydrogen-bond donors (Lipinski definition) is 2. The first-order valence-corrected chi connectivity index (χ1v) is 7.49. The Morgan fingerprint density at radius 2 is 1.80 bits per heavy atom. The minimum absolute atomic E-state index is 0.310. The largest absolute Gasteiger partial charge is 0.398 e. The third kappa shape index (κ3) is 3.37. The molecule has 0 aliphatic carbocycles. The minimum Gasteiger partial charge on any atom is -0.398 e. The summed E-state index contributed by atoms with van der Waals surface area (Å²) < 4.78 is 12.3. The van der Waals surface area contributed by atoms with Gasteiger partial charge in [0.15, 0.2) is 0 Å². The van der Waals surface area contributed by atoms with Gasteiger partial charge in [-0.2, -0.15) is 0 Å². The summed E-state index contributed by atoms with van der Waals surface area (Å²) in [4.78, 5) is 11.5. The van der Waals surface area contributed by atoms with E-state index < -0.39 is 16.7 Å². The van der Waals surface area contributed by atoms with Crippen molar-refractivity contribution in [2.45, 2.75) is 10.6 Å². The van der Waals surface area contributed by atoms with Crippen molar-refractivity contribution in [3.05, 3.63) is 58.6 Å². The van der Waals surface area contributed by atoms with Crippen LogP contribution in [0.1, 0.15) is 15.9 Å². The lowest BCUT2D eigenvalue weighted by molar-refractivity contribution is 0.100. The van der Waals surface area contributed by atoms with Gasteiger partial charge in [-0.15, -0.1) is 0 Å². The number of anilines is 1. The average Bonchev–Trinajstić information content (AvgIpc) is 2.39. The molecule has 0 fully saturated rings. The Bertz CT molecular complexity index is 671. The number of amides is 1. The van der Waals surface area contributed by atoms with Gasteiger partial charge in [-0.05, 0) is 35.9 Å². The van der Waals surface area contributed by atoms with Gasteiger partial charge in [0, 0.05) is 16.3 Å². The van der Waals surface area contributed by atoms with E-state index in [1.807, 2.05) is 0 Å². The van der Waals surface area contributed by atoms with Crippen LogP contribution in [-0.4, -0.2) is 10.1 Å². The number of hydrogen-bond acceptors (Lipinski definition) is 3. The van der Waals surface area contributed by atoms with Gasteiger partial charge in [-0.1, -0.05) is 23.7 Å². The third-order valence-corrected chi connectivity index (χ3v) is 4.45. The van der Waals surface area contributed by atoms with Gasteiger partial charge in [-0.25, -0.2) is 0 Å². The monoisotopic (exact) mass is 308 g/mol. The Kier molecular flexibility index (Phi) is 4.42. The third-order valence-electron chi connectivity index (χ3n) is 2.75. The van der Waals surface area contributed by atoms with Crippen molar-refractivity contribution in [1.29, 1.82) is 0 Å². The molecule has 0 aromatic heterocycles.